The summed E-state index contributed by atoms with van der Waals surface area (Å²) in [5, 5.41) is 17.9. The Hall–Kier alpha value is -3.58. The van der Waals surface area contributed by atoms with Gasteiger partial charge in [0.05, 0.1) is 6.54 Å². The van der Waals surface area contributed by atoms with Gasteiger partial charge in [-0.2, -0.15) is 11.8 Å². The van der Waals surface area contributed by atoms with Crippen LogP contribution in [0, 0.1) is 0 Å². The van der Waals surface area contributed by atoms with E-state index in [9.17, 15) is 29.1 Å². The van der Waals surface area contributed by atoms with Crippen molar-refractivity contribution in [1.29, 1.82) is 0 Å². The maximum Gasteiger partial charge on any atom is 0.326 e. The third-order valence-corrected chi connectivity index (χ3v) is 6.12. The first-order valence-corrected chi connectivity index (χ1v) is 12.7. The zero-order valence-corrected chi connectivity index (χ0v) is 20.7. The lowest BCUT2D eigenvalue weighted by Crippen LogP contribution is -2.57. The molecule has 0 bridgehead atoms. The van der Waals surface area contributed by atoms with Gasteiger partial charge in [-0.05, 0) is 36.5 Å². The van der Waals surface area contributed by atoms with Gasteiger partial charge in [-0.15, -0.1) is 0 Å². The number of aromatic nitrogens is 1. The number of nitrogens with one attached hydrogen (secondary N) is 4. The first-order valence-electron chi connectivity index (χ1n) is 11.3. The number of hydrogen-bond donors (Lipinski definition) is 7. The van der Waals surface area contributed by atoms with Gasteiger partial charge >= 0.3 is 5.97 Å². The number of aliphatic carboxylic acids is 1. The molecule has 0 saturated carbocycles. The molecule has 196 valence electrons. The van der Waals surface area contributed by atoms with Crippen LogP contribution in [0.15, 0.2) is 30.5 Å². The highest BCUT2D eigenvalue weighted by atomic mass is 32.2. The number of thioether (sulfide) groups is 1. The van der Waals surface area contributed by atoms with Crippen molar-refractivity contribution in [2.24, 2.45) is 11.5 Å². The number of primary amides is 1. The first-order chi connectivity index (χ1) is 17.2. The molecular weight excluding hydrogens is 488 g/mol. The van der Waals surface area contributed by atoms with Gasteiger partial charge in [-0.25, -0.2) is 4.79 Å². The Balaban J connectivity index is 2.29. The fraction of sp³-hybridized carbons (Fsp3) is 0.435. The Kier molecular flexibility index (Phi) is 11.2. The van der Waals surface area contributed by atoms with Crippen LogP contribution in [0.25, 0.3) is 10.9 Å². The van der Waals surface area contributed by atoms with E-state index in [1.165, 1.54) is 11.8 Å². The monoisotopic (exact) mass is 520 g/mol. The highest BCUT2D eigenvalue weighted by molar-refractivity contribution is 7.98. The highest BCUT2D eigenvalue weighted by Crippen LogP contribution is 2.19. The maximum atomic E-state index is 13.2. The summed E-state index contributed by atoms with van der Waals surface area (Å²) in [5.74, 6) is -3.35. The number of carbonyl (C=O) groups excluding carboxylic acids is 4. The number of nitrogens with two attached hydrogens (primary N) is 2. The third kappa shape index (κ3) is 8.57. The number of carboxylic acid groups (broad SMARTS) is 1. The summed E-state index contributed by atoms with van der Waals surface area (Å²) in [6, 6.07) is 3.91. The highest BCUT2D eigenvalue weighted by Gasteiger charge is 2.30. The van der Waals surface area contributed by atoms with E-state index < -0.39 is 47.7 Å². The molecule has 1 heterocycles. The standard InChI is InChI=1S/C23H32N6O6S/c1-36-9-8-16(27-20(31)11-24)21(32)29-18(10-13-12-26-15-5-3-2-4-14(13)15)22(33)28-17(23(34)35)6-7-19(25)30/h2-5,12,16-18,26H,6-11,24H2,1H3,(H2,25,30)(H,27,31)(H,28,33)(H,29,32)(H,34,35). The second-order valence-corrected chi connectivity index (χ2v) is 9.12. The molecule has 0 saturated heterocycles. The molecule has 4 amide bonds. The van der Waals surface area contributed by atoms with E-state index in [1.807, 2.05) is 30.5 Å². The van der Waals surface area contributed by atoms with E-state index in [2.05, 4.69) is 20.9 Å². The van der Waals surface area contributed by atoms with Crippen molar-refractivity contribution >= 4 is 52.3 Å². The summed E-state index contributed by atoms with van der Waals surface area (Å²) in [7, 11) is 0. The molecule has 36 heavy (non-hydrogen) atoms. The van der Waals surface area contributed by atoms with Crippen molar-refractivity contribution in [3.05, 3.63) is 36.0 Å². The lowest BCUT2D eigenvalue weighted by Gasteiger charge is -2.24. The Morgan fingerprint density at radius 3 is 2.31 bits per heavy atom. The average molecular weight is 521 g/mol. The molecule has 3 atom stereocenters. The van der Waals surface area contributed by atoms with E-state index in [0.29, 0.717) is 12.2 Å². The Labute approximate surface area is 212 Å². The van der Waals surface area contributed by atoms with Crippen LogP contribution in [0.1, 0.15) is 24.8 Å². The minimum atomic E-state index is -1.38. The first kappa shape index (κ1) is 28.7. The number of rotatable bonds is 15. The minimum Gasteiger partial charge on any atom is -0.480 e. The number of H-pyrrole nitrogens is 1. The van der Waals surface area contributed by atoms with Crippen molar-refractivity contribution in [2.45, 2.75) is 43.8 Å². The summed E-state index contributed by atoms with van der Waals surface area (Å²) < 4.78 is 0. The molecule has 9 N–H and O–H groups in total. The Morgan fingerprint density at radius 2 is 1.67 bits per heavy atom. The molecule has 1 aromatic heterocycles. The van der Waals surface area contributed by atoms with Gasteiger partial charge in [0.1, 0.15) is 18.1 Å². The van der Waals surface area contributed by atoms with E-state index in [4.69, 9.17) is 11.5 Å². The summed E-state index contributed by atoms with van der Waals surface area (Å²) in [6.07, 6.45) is 3.47. The van der Waals surface area contributed by atoms with Crippen LogP contribution in [-0.4, -0.2) is 76.4 Å². The predicted octanol–water partition coefficient (Wildman–Crippen LogP) is -0.773. The van der Waals surface area contributed by atoms with Crippen LogP contribution in [0.2, 0.25) is 0 Å². The average Bonchev–Trinajstić information content (AvgIpc) is 3.25. The summed E-state index contributed by atoms with van der Waals surface area (Å²) >= 11 is 1.48. The topological polar surface area (TPSA) is 209 Å². The van der Waals surface area contributed by atoms with Gasteiger partial charge in [0, 0.05) is 29.9 Å². The van der Waals surface area contributed by atoms with Gasteiger partial charge in [0.25, 0.3) is 0 Å². The van der Waals surface area contributed by atoms with Gasteiger partial charge in [-0.3, -0.25) is 19.2 Å². The zero-order valence-electron chi connectivity index (χ0n) is 19.9. The van der Waals surface area contributed by atoms with E-state index in [0.717, 1.165) is 16.5 Å². The van der Waals surface area contributed by atoms with Crippen LogP contribution < -0.4 is 27.4 Å². The lowest BCUT2D eigenvalue weighted by molar-refractivity contribution is -0.142. The second kappa shape index (κ2) is 14.1. The van der Waals surface area contributed by atoms with Gasteiger partial charge in [0.2, 0.25) is 23.6 Å². The van der Waals surface area contributed by atoms with Crippen molar-refractivity contribution in [3.8, 4) is 0 Å². The van der Waals surface area contributed by atoms with Crippen LogP contribution >= 0.6 is 11.8 Å². The van der Waals surface area contributed by atoms with Crippen molar-refractivity contribution in [3.63, 3.8) is 0 Å². The molecule has 0 aliphatic heterocycles. The Bertz CT molecular complexity index is 1090. The number of hydrogen-bond acceptors (Lipinski definition) is 7. The molecule has 0 radical (unpaired) electrons. The number of amides is 4. The van der Waals surface area contributed by atoms with Crippen LogP contribution in [0.5, 0.6) is 0 Å². The van der Waals surface area contributed by atoms with E-state index >= 15 is 0 Å². The number of carbonyl (C=O) groups is 5. The number of benzene rings is 1. The fourth-order valence-corrected chi connectivity index (χ4v) is 4.05. The van der Waals surface area contributed by atoms with Crippen LogP contribution in [0.3, 0.4) is 0 Å². The number of para-hydroxylation sites is 1. The Morgan fingerprint density at radius 1 is 1.00 bits per heavy atom. The zero-order chi connectivity index (χ0) is 26.7. The molecule has 0 spiro atoms. The largest absolute Gasteiger partial charge is 0.480 e. The molecule has 2 aromatic rings. The van der Waals surface area contributed by atoms with Gasteiger partial charge in [0.15, 0.2) is 0 Å². The third-order valence-electron chi connectivity index (χ3n) is 5.47. The molecular formula is C23H32N6O6S. The second-order valence-electron chi connectivity index (χ2n) is 8.13. The maximum absolute atomic E-state index is 13.2. The SMILES string of the molecule is CSCCC(NC(=O)CN)C(=O)NC(Cc1c[nH]c2ccccc12)C(=O)NC(CCC(N)=O)C(=O)O. The summed E-state index contributed by atoms with van der Waals surface area (Å²) in [4.78, 5) is 64.0. The number of aromatic amines is 1. The van der Waals surface area contributed by atoms with E-state index in [-0.39, 0.29) is 25.8 Å². The number of fused-ring (bicyclic) bond motifs is 1. The summed E-state index contributed by atoms with van der Waals surface area (Å²) in [6.45, 7) is -0.303. The lowest BCUT2D eigenvalue weighted by atomic mass is 10.0. The van der Waals surface area contributed by atoms with Crippen LogP contribution in [0.4, 0.5) is 0 Å². The number of carboxylic acids is 1. The normalized spacial score (nSPS) is 13.4. The van der Waals surface area contributed by atoms with Gasteiger partial charge in [-0.1, -0.05) is 18.2 Å². The van der Waals surface area contributed by atoms with Crippen molar-refractivity contribution < 1.29 is 29.1 Å². The summed E-state index contributed by atoms with van der Waals surface area (Å²) in [5.41, 5.74) is 12.0. The molecule has 2 rings (SSSR count). The van der Waals surface area contributed by atoms with E-state index in [1.54, 1.807) is 6.20 Å². The molecule has 3 unspecified atom stereocenters. The minimum absolute atomic E-state index is 0.0455. The van der Waals surface area contributed by atoms with Crippen LogP contribution in [-0.2, 0) is 30.4 Å². The smallest absolute Gasteiger partial charge is 0.326 e. The molecule has 13 heteroatoms. The molecule has 12 nitrogen and oxygen atoms in total. The molecule has 0 fully saturated rings. The van der Waals surface area contributed by atoms with Crippen molar-refractivity contribution in [1.82, 2.24) is 20.9 Å². The molecule has 0 aliphatic rings. The van der Waals surface area contributed by atoms with Crippen molar-refractivity contribution in [2.75, 3.05) is 18.6 Å². The molecule has 0 aliphatic carbocycles. The predicted molar refractivity (Wildman–Crippen MR) is 136 cm³/mol. The fourth-order valence-electron chi connectivity index (χ4n) is 3.58. The quantitative estimate of drug-likeness (QED) is 0.158. The van der Waals surface area contributed by atoms with Gasteiger partial charge < -0.3 is 37.5 Å². The molecule has 1 aromatic carbocycles.